The molecule has 0 saturated carbocycles. The standard InChI is InChI=1S/C68H114NO8P/c1-6-8-10-12-14-16-18-20-22-23-24-25-26-27-28-29-30-31-32-33-34-35-36-37-38-39-40-41-42-43-44-45-47-49-51-53-55-57-59-61-68(71)77-66(65-76-78(72,73)75-63-62-69(3,4)5)64-74-67(70)60-58-56-54-52-50-48-46-21-19-17-15-13-11-9-7-2/h8,10,14,16,20-22,24-25,27-28,30-31,33-34,36-37,39-40,42-43,46,66H,6-7,9,11-13,15,17-19,23,26,29,32,35,38,41,44-45,47-65H2,1-5H3/p+1/b10-8-,16-14-,22-20-,25-24-,28-27-,31-30-,34-33-,37-36-,40-39-,43-42-,46-21-. The Morgan fingerprint density at radius 2 is 0.731 bits per heavy atom. The number of carbonyl (C=O) groups is 2. The third-order valence-corrected chi connectivity index (χ3v) is 13.6. The quantitative estimate of drug-likeness (QED) is 0.0211. The minimum absolute atomic E-state index is 0.0226. The maximum absolute atomic E-state index is 12.8. The molecule has 0 aromatic heterocycles. The second-order valence-corrected chi connectivity index (χ2v) is 22.8. The van der Waals surface area contributed by atoms with Crippen molar-refractivity contribution in [1.29, 1.82) is 0 Å². The second kappa shape index (κ2) is 57.8. The fourth-order valence-electron chi connectivity index (χ4n) is 7.92. The Balaban J connectivity index is 4.14. The molecule has 0 aliphatic carbocycles. The van der Waals surface area contributed by atoms with Crippen molar-refractivity contribution in [1.82, 2.24) is 0 Å². The highest BCUT2D eigenvalue weighted by Crippen LogP contribution is 2.43. The van der Waals surface area contributed by atoms with Gasteiger partial charge in [0, 0.05) is 12.8 Å². The van der Waals surface area contributed by atoms with Crippen LogP contribution in [0.4, 0.5) is 0 Å². The Morgan fingerprint density at radius 3 is 1.10 bits per heavy atom. The first kappa shape index (κ1) is 74.2. The lowest BCUT2D eigenvalue weighted by Crippen LogP contribution is -2.37. The van der Waals surface area contributed by atoms with Crippen LogP contribution in [0.5, 0.6) is 0 Å². The zero-order chi connectivity index (χ0) is 57.0. The average Bonchev–Trinajstić information content (AvgIpc) is 3.41. The van der Waals surface area contributed by atoms with E-state index < -0.39 is 26.5 Å². The van der Waals surface area contributed by atoms with Gasteiger partial charge in [-0.1, -0.05) is 237 Å². The average molecular weight is 1110 g/mol. The summed E-state index contributed by atoms with van der Waals surface area (Å²) in [6, 6.07) is 0. The third kappa shape index (κ3) is 61.4. The van der Waals surface area contributed by atoms with Gasteiger partial charge >= 0.3 is 19.8 Å². The summed E-state index contributed by atoms with van der Waals surface area (Å²) in [5.41, 5.74) is 0. The molecule has 0 radical (unpaired) electrons. The van der Waals surface area contributed by atoms with Gasteiger partial charge in [-0.3, -0.25) is 18.6 Å². The van der Waals surface area contributed by atoms with E-state index >= 15 is 0 Å². The summed E-state index contributed by atoms with van der Waals surface area (Å²) in [4.78, 5) is 35.7. The lowest BCUT2D eigenvalue weighted by molar-refractivity contribution is -0.870. The first-order chi connectivity index (χ1) is 38.0. The summed E-state index contributed by atoms with van der Waals surface area (Å²) in [6.45, 7) is 4.28. The van der Waals surface area contributed by atoms with Gasteiger partial charge in [-0.25, -0.2) is 4.57 Å². The lowest BCUT2D eigenvalue weighted by Gasteiger charge is -2.24. The van der Waals surface area contributed by atoms with Crippen LogP contribution in [-0.2, 0) is 32.7 Å². The molecule has 0 aliphatic heterocycles. The van der Waals surface area contributed by atoms with Crippen molar-refractivity contribution in [3.63, 3.8) is 0 Å². The number of phosphoric acid groups is 1. The van der Waals surface area contributed by atoms with Crippen molar-refractivity contribution in [2.24, 2.45) is 0 Å². The molecule has 0 rings (SSSR count). The summed E-state index contributed by atoms with van der Waals surface area (Å²) in [5.74, 6) is -0.823. The summed E-state index contributed by atoms with van der Waals surface area (Å²) >= 11 is 0. The first-order valence-corrected chi connectivity index (χ1v) is 32.4. The SMILES string of the molecule is CC/C=C\C/C=C\C/C=C\C/C=C\C/C=C\C/C=C\C/C=C\C/C=C\C/C=C\C/C=C\CCCCCCCCCCC(=O)OC(COC(=O)CCCCCCC/C=C\CCCCCCCC)COP(=O)(O)OCC[N+](C)(C)C. The van der Waals surface area contributed by atoms with Gasteiger partial charge in [0.15, 0.2) is 6.10 Å². The number of unbranched alkanes of at least 4 members (excludes halogenated alkanes) is 19. The Kier molecular flexibility index (Phi) is 55.0. The Hall–Kier alpha value is -3.85. The number of carbonyl (C=O) groups excluding carboxylic acids is 2. The molecule has 9 nitrogen and oxygen atoms in total. The van der Waals surface area contributed by atoms with Crippen LogP contribution in [-0.4, -0.2) is 74.9 Å². The van der Waals surface area contributed by atoms with Crippen molar-refractivity contribution in [2.75, 3.05) is 47.5 Å². The third-order valence-electron chi connectivity index (χ3n) is 12.7. The topological polar surface area (TPSA) is 108 Å². The monoisotopic (exact) mass is 1100 g/mol. The van der Waals surface area contributed by atoms with Crippen molar-refractivity contribution >= 4 is 19.8 Å². The number of hydrogen-bond donors (Lipinski definition) is 1. The summed E-state index contributed by atoms with van der Waals surface area (Å²) in [5, 5.41) is 0. The van der Waals surface area contributed by atoms with Gasteiger partial charge in [0.05, 0.1) is 27.7 Å². The number of nitrogens with zero attached hydrogens (tertiary/aromatic N) is 1. The van der Waals surface area contributed by atoms with Crippen LogP contribution < -0.4 is 0 Å². The molecule has 10 heteroatoms. The molecule has 0 amide bonds. The van der Waals surface area contributed by atoms with Crippen LogP contribution >= 0.6 is 7.82 Å². The summed E-state index contributed by atoms with van der Waals surface area (Å²) in [7, 11) is 1.45. The molecule has 0 saturated heterocycles. The number of allylic oxidation sites excluding steroid dienone is 22. The van der Waals surface area contributed by atoms with E-state index in [-0.39, 0.29) is 32.0 Å². The largest absolute Gasteiger partial charge is 0.472 e. The minimum atomic E-state index is -4.40. The number of rotatable bonds is 55. The maximum Gasteiger partial charge on any atom is 0.472 e. The number of ether oxygens (including phenoxy) is 2. The minimum Gasteiger partial charge on any atom is -0.462 e. The molecule has 444 valence electrons. The first-order valence-electron chi connectivity index (χ1n) is 30.9. The van der Waals surface area contributed by atoms with Gasteiger partial charge in [0.1, 0.15) is 19.8 Å². The molecule has 2 unspecified atom stereocenters. The van der Waals surface area contributed by atoms with E-state index in [0.717, 1.165) is 128 Å². The number of phosphoric ester groups is 1. The molecule has 78 heavy (non-hydrogen) atoms. The van der Waals surface area contributed by atoms with Crippen molar-refractivity contribution in [3.8, 4) is 0 Å². The van der Waals surface area contributed by atoms with E-state index in [2.05, 4.69) is 148 Å². The predicted octanol–water partition coefficient (Wildman–Crippen LogP) is 19.7. The smallest absolute Gasteiger partial charge is 0.462 e. The van der Waals surface area contributed by atoms with E-state index in [1.165, 1.54) is 70.6 Å². The van der Waals surface area contributed by atoms with Gasteiger partial charge in [-0.15, -0.1) is 0 Å². The van der Waals surface area contributed by atoms with Gasteiger partial charge in [0.25, 0.3) is 0 Å². The highest BCUT2D eigenvalue weighted by atomic mass is 31.2. The maximum atomic E-state index is 12.8. The Bertz CT molecular complexity index is 1780. The molecular weight excluding hydrogens is 990 g/mol. The number of quaternary nitrogens is 1. The van der Waals surface area contributed by atoms with Crippen LogP contribution in [0.3, 0.4) is 0 Å². The molecule has 0 aromatic rings. The van der Waals surface area contributed by atoms with Crippen molar-refractivity contribution in [3.05, 3.63) is 134 Å². The fourth-order valence-corrected chi connectivity index (χ4v) is 8.66. The second-order valence-electron chi connectivity index (χ2n) is 21.4. The van der Waals surface area contributed by atoms with Gasteiger partial charge in [-0.05, 0) is 116 Å². The molecule has 0 aliphatic rings. The molecule has 0 bridgehead atoms. The zero-order valence-corrected chi connectivity index (χ0v) is 51.2. The summed E-state index contributed by atoms with van der Waals surface area (Å²) in [6.07, 6.45) is 83.9. The predicted molar refractivity (Wildman–Crippen MR) is 334 cm³/mol. The number of esters is 2. The molecule has 2 atom stereocenters. The molecule has 0 heterocycles. The van der Waals surface area contributed by atoms with Crippen molar-refractivity contribution in [2.45, 2.75) is 238 Å². The van der Waals surface area contributed by atoms with E-state index in [1.54, 1.807) is 0 Å². The van der Waals surface area contributed by atoms with Crippen LogP contribution in [0.2, 0.25) is 0 Å². The van der Waals surface area contributed by atoms with Crippen LogP contribution in [0.15, 0.2) is 134 Å². The Morgan fingerprint density at radius 1 is 0.410 bits per heavy atom. The van der Waals surface area contributed by atoms with Gasteiger partial charge < -0.3 is 18.9 Å². The van der Waals surface area contributed by atoms with Gasteiger partial charge in [-0.2, -0.15) is 0 Å². The van der Waals surface area contributed by atoms with Gasteiger partial charge in [0.2, 0.25) is 0 Å². The van der Waals surface area contributed by atoms with Crippen molar-refractivity contribution < 1.29 is 42.1 Å². The number of hydrogen-bond acceptors (Lipinski definition) is 7. The highest BCUT2D eigenvalue weighted by Gasteiger charge is 2.27. The molecule has 0 fully saturated rings. The highest BCUT2D eigenvalue weighted by molar-refractivity contribution is 7.47. The van der Waals surface area contributed by atoms with E-state index in [1.807, 2.05) is 21.1 Å². The van der Waals surface area contributed by atoms with Crippen LogP contribution in [0.1, 0.15) is 232 Å². The zero-order valence-electron chi connectivity index (χ0n) is 50.3. The van der Waals surface area contributed by atoms with Crippen LogP contribution in [0, 0.1) is 0 Å². The van der Waals surface area contributed by atoms with E-state index in [9.17, 15) is 19.0 Å². The molecule has 0 aromatic carbocycles. The Labute approximate surface area is 479 Å². The molecular formula is C68H115NO8P+. The fraction of sp³-hybridized carbons (Fsp3) is 0.647. The molecule has 1 N–H and O–H groups in total. The van der Waals surface area contributed by atoms with E-state index in [4.69, 9.17) is 18.5 Å². The number of likely N-dealkylation sites (N-methyl/N-ethyl adjacent to an activating group) is 1. The normalized spacial score (nSPS) is 14.2. The van der Waals surface area contributed by atoms with Crippen LogP contribution in [0.25, 0.3) is 0 Å². The summed E-state index contributed by atoms with van der Waals surface area (Å²) < 4.78 is 34.5. The van der Waals surface area contributed by atoms with E-state index in [0.29, 0.717) is 17.4 Å². The lowest BCUT2D eigenvalue weighted by atomic mass is 10.1. The molecule has 0 spiro atoms.